The van der Waals surface area contributed by atoms with E-state index in [1.54, 1.807) is 12.3 Å². The number of carbonyl (C=O) groups is 1. The van der Waals surface area contributed by atoms with E-state index in [-0.39, 0.29) is 17.9 Å². The molecule has 1 aromatic heterocycles. The third-order valence-electron chi connectivity index (χ3n) is 4.92. The zero-order valence-corrected chi connectivity index (χ0v) is 13.8. The first-order valence-corrected chi connectivity index (χ1v) is 8.53. The predicted molar refractivity (Wildman–Crippen MR) is 92.7 cm³/mol. The smallest absolute Gasteiger partial charge is 0.347 e. The van der Waals surface area contributed by atoms with Gasteiger partial charge in [-0.05, 0) is 24.5 Å². The molecule has 0 radical (unpaired) electrons. The Bertz CT molecular complexity index is 734. The Hall–Kier alpha value is -2.43. The van der Waals surface area contributed by atoms with Crippen molar-refractivity contribution in [2.45, 2.75) is 44.1 Å². The van der Waals surface area contributed by atoms with Crippen molar-refractivity contribution < 1.29 is 4.79 Å². The van der Waals surface area contributed by atoms with Gasteiger partial charge in [0, 0.05) is 24.4 Å². The van der Waals surface area contributed by atoms with Crippen LogP contribution in [-0.4, -0.2) is 22.0 Å². The maximum absolute atomic E-state index is 12.3. The Morgan fingerprint density at radius 1 is 1.12 bits per heavy atom. The van der Waals surface area contributed by atoms with Crippen molar-refractivity contribution in [1.82, 2.24) is 14.9 Å². The molecule has 1 heterocycles. The fraction of sp³-hybridized carbons (Fsp3) is 0.421. The molecule has 5 heteroatoms. The fourth-order valence-electron chi connectivity index (χ4n) is 3.57. The third kappa shape index (κ3) is 3.72. The minimum absolute atomic E-state index is 0.00900. The highest BCUT2D eigenvalue weighted by Crippen LogP contribution is 2.38. The highest BCUT2D eigenvalue weighted by Gasteiger charge is 2.34. The van der Waals surface area contributed by atoms with Crippen molar-refractivity contribution in [3.63, 3.8) is 0 Å². The van der Waals surface area contributed by atoms with Gasteiger partial charge in [0.1, 0.15) is 6.54 Å². The third-order valence-corrected chi connectivity index (χ3v) is 4.92. The van der Waals surface area contributed by atoms with Gasteiger partial charge in [0.2, 0.25) is 5.91 Å². The molecular weight excluding hydrogens is 302 g/mol. The Kier molecular flexibility index (Phi) is 5.08. The first kappa shape index (κ1) is 16.4. The zero-order chi connectivity index (χ0) is 16.8. The molecule has 1 saturated carbocycles. The molecule has 24 heavy (non-hydrogen) atoms. The van der Waals surface area contributed by atoms with Crippen molar-refractivity contribution in [2.24, 2.45) is 0 Å². The van der Waals surface area contributed by atoms with E-state index in [1.807, 2.05) is 6.07 Å². The molecule has 5 nitrogen and oxygen atoms in total. The molecule has 1 aromatic carbocycles. The summed E-state index contributed by atoms with van der Waals surface area (Å²) in [6.45, 7) is 0.627. The van der Waals surface area contributed by atoms with Crippen molar-refractivity contribution in [3.8, 4) is 0 Å². The van der Waals surface area contributed by atoms with Gasteiger partial charge in [-0.3, -0.25) is 9.36 Å². The summed E-state index contributed by atoms with van der Waals surface area (Å²) < 4.78 is 1.32. The maximum Gasteiger partial charge on any atom is 0.347 e. The Labute approximate surface area is 141 Å². The predicted octanol–water partition coefficient (Wildman–Crippen LogP) is 2.26. The second-order valence-electron chi connectivity index (χ2n) is 6.51. The second-order valence-corrected chi connectivity index (χ2v) is 6.51. The van der Waals surface area contributed by atoms with Gasteiger partial charge in [-0.25, -0.2) is 9.78 Å². The maximum atomic E-state index is 12.3. The van der Waals surface area contributed by atoms with Gasteiger partial charge in [0.05, 0.1) is 0 Å². The van der Waals surface area contributed by atoms with Crippen LogP contribution in [0.25, 0.3) is 0 Å². The standard InChI is InChI=1S/C19H23N3O2/c23-17(14-22-13-7-12-20-18(22)24)21-15-19(10-5-2-6-11-19)16-8-3-1-4-9-16/h1,3-4,7-9,12-13H,2,5-6,10-11,14-15H2,(H,21,23). The summed E-state index contributed by atoms with van der Waals surface area (Å²) in [5.41, 5.74) is 0.904. The number of hydrogen-bond donors (Lipinski definition) is 1. The lowest BCUT2D eigenvalue weighted by Gasteiger charge is -2.38. The van der Waals surface area contributed by atoms with Crippen molar-refractivity contribution >= 4 is 5.91 Å². The molecule has 0 saturated heterocycles. The van der Waals surface area contributed by atoms with Gasteiger partial charge < -0.3 is 5.32 Å². The number of amides is 1. The number of nitrogens with one attached hydrogen (secondary N) is 1. The summed E-state index contributed by atoms with van der Waals surface area (Å²) in [7, 11) is 0. The van der Waals surface area contributed by atoms with Crippen LogP contribution < -0.4 is 11.0 Å². The summed E-state index contributed by atoms with van der Waals surface area (Å²) in [6, 6.07) is 12.1. The van der Waals surface area contributed by atoms with Gasteiger partial charge in [-0.15, -0.1) is 0 Å². The minimum atomic E-state index is -0.400. The van der Waals surface area contributed by atoms with Gasteiger partial charge >= 0.3 is 5.69 Å². The second kappa shape index (κ2) is 7.43. The van der Waals surface area contributed by atoms with Crippen LogP contribution in [-0.2, 0) is 16.8 Å². The van der Waals surface area contributed by atoms with Gasteiger partial charge in [0.25, 0.3) is 0 Å². The molecular formula is C19H23N3O2. The van der Waals surface area contributed by atoms with E-state index in [9.17, 15) is 9.59 Å². The molecule has 1 aliphatic carbocycles. The Balaban J connectivity index is 1.69. The Morgan fingerprint density at radius 3 is 2.58 bits per heavy atom. The average molecular weight is 325 g/mol. The number of hydrogen-bond acceptors (Lipinski definition) is 3. The first-order valence-electron chi connectivity index (χ1n) is 8.53. The highest BCUT2D eigenvalue weighted by atomic mass is 16.2. The van der Waals surface area contributed by atoms with E-state index in [0.29, 0.717) is 6.54 Å². The molecule has 3 rings (SSSR count). The van der Waals surface area contributed by atoms with E-state index in [0.717, 1.165) is 12.8 Å². The summed E-state index contributed by atoms with van der Waals surface area (Å²) in [6.07, 6.45) is 8.83. The van der Waals surface area contributed by atoms with Crippen LogP contribution in [0.15, 0.2) is 53.6 Å². The molecule has 0 unspecified atom stereocenters. The lowest BCUT2D eigenvalue weighted by Crippen LogP contribution is -2.43. The highest BCUT2D eigenvalue weighted by molar-refractivity contribution is 5.75. The molecule has 0 spiro atoms. The minimum Gasteiger partial charge on any atom is -0.354 e. The van der Waals surface area contributed by atoms with Crippen molar-refractivity contribution in [2.75, 3.05) is 6.54 Å². The molecule has 126 valence electrons. The number of carbonyl (C=O) groups excluding carboxylic acids is 1. The average Bonchev–Trinajstić information content (AvgIpc) is 2.63. The van der Waals surface area contributed by atoms with E-state index in [1.165, 1.54) is 35.6 Å². The zero-order valence-electron chi connectivity index (χ0n) is 13.8. The van der Waals surface area contributed by atoms with Gasteiger partial charge in [-0.1, -0.05) is 49.6 Å². The molecule has 0 atom stereocenters. The van der Waals surface area contributed by atoms with Crippen LogP contribution in [0.5, 0.6) is 0 Å². The lowest BCUT2D eigenvalue weighted by atomic mass is 9.69. The number of aromatic nitrogens is 2. The van der Waals surface area contributed by atoms with Gasteiger partial charge in [-0.2, -0.15) is 0 Å². The van der Waals surface area contributed by atoms with Crippen LogP contribution in [0, 0.1) is 0 Å². The summed E-state index contributed by atoms with van der Waals surface area (Å²) in [4.78, 5) is 27.6. The Morgan fingerprint density at radius 2 is 1.88 bits per heavy atom. The summed E-state index contributed by atoms with van der Waals surface area (Å²) >= 11 is 0. The lowest BCUT2D eigenvalue weighted by molar-refractivity contribution is -0.122. The largest absolute Gasteiger partial charge is 0.354 e. The van der Waals surface area contributed by atoms with Crippen LogP contribution in [0.4, 0.5) is 0 Å². The quantitative estimate of drug-likeness (QED) is 0.917. The molecule has 1 fully saturated rings. The first-order chi connectivity index (χ1) is 11.7. The normalized spacial score (nSPS) is 16.5. The summed E-state index contributed by atoms with van der Waals surface area (Å²) in [5, 5.41) is 3.04. The van der Waals surface area contributed by atoms with E-state index in [4.69, 9.17) is 0 Å². The molecule has 0 aliphatic heterocycles. The number of rotatable bonds is 5. The molecule has 0 bridgehead atoms. The van der Waals surface area contributed by atoms with Crippen molar-refractivity contribution in [3.05, 3.63) is 64.8 Å². The topological polar surface area (TPSA) is 64.0 Å². The van der Waals surface area contributed by atoms with Crippen molar-refractivity contribution in [1.29, 1.82) is 0 Å². The number of benzene rings is 1. The van der Waals surface area contributed by atoms with Crippen LogP contribution in [0.1, 0.15) is 37.7 Å². The van der Waals surface area contributed by atoms with E-state index >= 15 is 0 Å². The SMILES string of the molecule is O=C(Cn1cccnc1=O)NCC1(c2ccccc2)CCCCC1. The van der Waals surface area contributed by atoms with Gasteiger partial charge in [0.15, 0.2) is 0 Å². The summed E-state index contributed by atoms with van der Waals surface area (Å²) in [5.74, 6) is -0.147. The van der Waals surface area contributed by atoms with Crippen LogP contribution in [0.3, 0.4) is 0 Å². The monoisotopic (exact) mass is 325 g/mol. The molecule has 1 N–H and O–H groups in total. The van der Waals surface area contributed by atoms with E-state index < -0.39 is 5.69 Å². The fourth-order valence-corrected chi connectivity index (χ4v) is 3.57. The molecule has 1 aliphatic rings. The molecule has 2 aromatic rings. The number of nitrogens with zero attached hydrogens (tertiary/aromatic N) is 2. The van der Waals surface area contributed by atoms with Crippen LogP contribution >= 0.6 is 0 Å². The van der Waals surface area contributed by atoms with Crippen LogP contribution in [0.2, 0.25) is 0 Å². The van der Waals surface area contributed by atoms with E-state index in [2.05, 4.69) is 34.6 Å². The molecule has 1 amide bonds.